The highest BCUT2D eigenvalue weighted by molar-refractivity contribution is 6.07. The minimum absolute atomic E-state index is 0.00399. The summed E-state index contributed by atoms with van der Waals surface area (Å²) in [6.07, 6.45) is 1.65. The topological polar surface area (TPSA) is 85.9 Å². The average Bonchev–Trinajstić information content (AvgIpc) is 3.31. The van der Waals surface area contributed by atoms with E-state index in [0.717, 1.165) is 10.8 Å². The van der Waals surface area contributed by atoms with E-state index >= 15 is 0 Å². The van der Waals surface area contributed by atoms with E-state index in [1.807, 2.05) is 68.4 Å². The van der Waals surface area contributed by atoms with E-state index in [1.165, 1.54) is 0 Å². The molecule has 2 N–H and O–H groups in total. The van der Waals surface area contributed by atoms with Crippen LogP contribution < -0.4 is 15.5 Å². The quantitative estimate of drug-likeness (QED) is 0.448. The van der Waals surface area contributed by atoms with Gasteiger partial charge in [0.15, 0.2) is 0 Å². The number of hydrogen-bond donors (Lipinski definition) is 2. The molecule has 0 fully saturated rings. The first-order valence-corrected chi connectivity index (χ1v) is 11.7. The highest BCUT2D eigenvalue weighted by Gasteiger charge is 2.47. The van der Waals surface area contributed by atoms with Crippen molar-refractivity contribution in [1.29, 1.82) is 0 Å². The molecule has 0 radical (unpaired) electrons. The lowest BCUT2D eigenvalue weighted by Crippen LogP contribution is -2.46. The molecule has 2 atom stereocenters. The first-order chi connectivity index (χ1) is 16.9. The standard InChI is InChI=1S/C28H30N2O5/c1-4-33-27(32)28(18-34-21-13-6-5-7-14-21)17-24(30-35-28)25(19(2)3)29-26(31)23-16-10-12-20-11-8-9-15-22(20)23/h5-17,19,25,30H,4,18H2,1-3H3,(H,29,31)/t25-,28?/m0/s1. The third-order valence-electron chi connectivity index (χ3n) is 5.88. The number of para-hydroxylation sites is 1. The number of amides is 1. The van der Waals surface area contributed by atoms with Gasteiger partial charge < -0.3 is 14.8 Å². The van der Waals surface area contributed by atoms with E-state index in [9.17, 15) is 9.59 Å². The minimum atomic E-state index is -1.49. The third-order valence-corrected chi connectivity index (χ3v) is 5.88. The van der Waals surface area contributed by atoms with Gasteiger partial charge in [0.2, 0.25) is 5.60 Å². The van der Waals surface area contributed by atoms with Gasteiger partial charge in [-0.3, -0.25) is 10.3 Å². The fourth-order valence-electron chi connectivity index (χ4n) is 4.05. The van der Waals surface area contributed by atoms with Gasteiger partial charge in [-0.1, -0.05) is 68.4 Å². The molecule has 35 heavy (non-hydrogen) atoms. The Labute approximate surface area is 205 Å². The van der Waals surface area contributed by atoms with Crippen molar-refractivity contribution in [1.82, 2.24) is 10.8 Å². The minimum Gasteiger partial charge on any atom is -0.489 e. The van der Waals surface area contributed by atoms with Crippen LogP contribution in [0.4, 0.5) is 0 Å². The predicted molar refractivity (Wildman–Crippen MR) is 134 cm³/mol. The number of fused-ring (bicyclic) bond motifs is 1. The number of nitrogens with one attached hydrogen (secondary N) is 2. The number of carbonyl (C=O) groups excluding carboxylic acids is 2. The molecule has 1 heterocycles. The maximum Gasteiger partial charge on any atom is 0.348 e. The second kappa shape index (κ2) is 10.6. The maximum absolute atomic E-state index is 13.3. The van der Waals surface area contributed by atoms with Crippen molar-refractivity contribution in [2.45, 2.75) is 32.4 Å². The van der Waals surface area contributed by atoms with Crippen molar-refractivity contribution in [2.75, 3.05) is 13.2 Å². The van der Waals surface area contributed by atoms with Gasteiger partial charge in [0.1, 0.15) is 12.4 Å². The second-order valence-electron chi connectivity index (χ2n) is 8.74. The molecule has 0 aromatic heterocycles. The Morgan fingerprint density at radius 1 is 1.00 bits per heavy atom. The number of benzene rings is 3. The smallest absolute Gasteiger partial charge is 0.348 e. The van der Waals surface area contributed by atoms with Crippen LogP contribution in [0.2, 0.25) is 0 Å². The van der Waals surface area contributed by atoms with Crippen LogP contribution in [0.5, 0.6) is 5.75 Å². The van der Waals surface area contributed by atoms with E-state index in [2.05, 4.69) is 10.8 Å². The molecule has 3 aromatic carbocycles. The molecule has 0 saturated carbocycles. The van der Waals surface area contributed by atoms with Crippen LogP contribution in [0.1, 0.15) is 31.1 Å². The second-order valence-corrected chi connectivity index (χ2v) is 8.74. The van der Waals surface area contributed by atoms with Gasteiger partial charge in [0.05, 0.1) is 18.3 Å². The van der Waals surface area contributed by atoms with Crippen molar-refractivity contribution in [3.63, 3.8) is 0 Å². The highest BCUT2D eigenvalue weighted by atomic mass is 16.7. The SMILES string of the molecule is CCOC(=O)C1(COc2ccccc2)C=C([C@@H](NC(=O)c2cccc3ccccc23)C(C)C)NO1. The molecule has 3 aromatic rings. The Bertz CT molecular complexity index is 1220. The fourth-order valence-corrected chi connectivity index (χ4v) is 4.05. The summed E-state index contributed by atoms with van der Waals surface area (Å²) in [5.74, 6) is -0.172. The van der Waals surface area contributed by atoms with Gasteiger partial charge in [-0.15, -0.1) is 0 Å². The lowest BCUT2D eigenvalue weighted by atomic mass is 9.96. The Morgan fingerprint density at radius 3 is 2.46 bits per heavy atom. The summed E-state index contributed by atoms with van der Waals surface area (Å²) in [7, 11) is 0. The van der Waals surface area contributed by atoms with Crippen molar-refractivity contribution >= 4 is 22.6 Å². The Kier molecular flexibility index (Phi) is 7.36. The number of hydroxylamine groups is 1. The number of carbonyl (C=O) groups is 2. The molecule has 7 nitrogen and oxygen atoms in total. The summed E-state index contributed by atoms with van der Waals surface area (Å²) in [6, 6.07) is 22.1. The largest absolute Gasteiger partial charge is 0.489 e. The molecule has 0 bridgehead atoms. The molecule has 0 aliphatic carbocycles. The number of ether oxygens (including phenoxy) is 2. The van der Waals surface area contributed by atoms with E-state index < -0.39 is 17.6 Å². The van der Waals surface area contributed by atoms with E-state index in [1.54, 1.807) is 31.2 Å². The fraction of sp³-hybridized carbons (Fsp3) is 0.286. The van der Waals surface area contributed by atoms with Crippen LogP contribution in [0.25, 0.3) is 10.8 Å². The van der Waals surface area contributed by atoms with Gasteiger partial charge in [-0.25, -0.2) is 9.63 Å². The summed E-state index contributed by atoms with van der Waals surface area (Å²) in [4.78, 5) is 32.0. The molecule has 182 valence electrons. The molecule has 1 unspecified atom stereocenters. The van der Waals surface area contributed by atoms with Crippen LogP contribution in [0, 0.1) is 5.92 Å². The zero-order valence-corrected chi connectivity index (χ0v) is 20.1. The molecule has 1 aliphatic heterocycles. The summed E-state index contributed by atoms with van der Waals surface area (Å²) in [5.41, 5.74) is 2.53. The van der Waals surface area contributed by atoms with Crippen molar-refractivity contribution in [3.8, 4) is 5.75 Å². The predicted octanol–water partition coefficient (Wildman–Crippen LogP) is 4.39. The van der Waals surface area contributed by atoms with Crippen molar-refractivity contribution in [3.05, 3.63) is 90.1 Å². The van der Waals surface area contributed by atoms with Crippen LogP contribution in [-0.2, 0) is 14.4 Å². The monoisotopic (exact) mass is 474 g/mol. The molecule has 0 spiro atoms. The van der Waals surface area contributed by atoms with Crippen LogP contribution in [0.3, 0.4) is 0 Å². The molecular formula is C28H30N2O5. The van der Waals surface area contributed by atoms with Gasteiger partial charge >= 0.3 is 5.97 Å². The maximum atomic E-state index is 13.3. The normalized spacial score (nSPS) is 18.0. The first-order valence-electron chi connectivity index (χ1n) is 11.7. The highest BCUT2D eigenvalue weighted by Crippen LogP contribution is 2.28. The number of esters is 1. The number of rotatable bonds is 9. The average molecular weight is 475 g/mol. The molecule has 0 saturated heterocycles. The summed E-state index contributed by atoms with van der Waals surface area (Å²) < 4.78 is 11.1. The molecular weight excluding hydrogens is 444 g/mol. The Balaban J connectivity index is 1.60. The molecule has 1 amide bonds. The van der Waals surface area contributed by atoms with E-state index in [-0.39, 0.29) is 25.0 Å². The Morgan fingerprint density at radius 2 is 1.71 bits per heavy atom. The first kappa shape index (κ1) is 24.3. The van der Waals surface area contributed by atoms with Crippen molar-refractivity contribution < 1.29 is 23.9 Å². The summed E-state index contributed by atoms with van der Waals surface area (Å²) in [6.45, 7) is 5.82. The van der Waals surface area contributed by atoms with Gasteiger partial charge in [-0.05, 0) is 47.9 Å². The van der Waals surface area contributed by atoms with Crippen molar-refractivity contribution in [2.24, 2.45) is 5.92 Å². The number of hydrogen-bond acceptors (Lipinski definition) is 6. The molecule has 4 rings (SSSR count). The third kappa shape index (κ3) is 5.30. The lowest BCUT2D eigenvalue weighted by molar-refractivity contribution is -0.172. The lowest BCUT2D eigenvalue weighted by Gasteiger charge is -2.24. The molecule has 7 heteroatoms. The van der Waals surface area contributed by atoms with Crippen LogP contribution in [0.15, 0.2) is 84.6 Å². The summed E-state index contributed by atoms with van der Waals surface area (Å²) in [5, 5.41) is 4.97. The van der Waals surface area contributed by atoms with Crippen LogP contribution >= 0.6 is 0 Å². The molecule has 1 aliphatic rings. The zero-order chi connectivity index (χ0) is 24.8. The van der Waals surface area contributed by atoms with Gasteiger partial charge in [-0.2, -0.15) is 0 Å². The summed E-state index contributed by atoms with van der Waals surface area (Å²) >= 11 is 0. The zero-order valence-electron chi connectivity index (χ0n) is 20.1. The van der Waals surface area contributed by atoms with Gasteiger partial charge in [0.25, 0.3) is 5.91 Å². The Hall–Kier alpha value is -3.84. The van der Waals surface area contributed by atoms with E-state index in [0.29, 0.717) is 17.0 Å². The van der Waals surface area contributed by atoms with Crippen LogP contribution in [-0.4, -0.2) is 36.7 Å². The van der Waals surface area contributed by atoms with E-state index in [4.69, 9.17) is 14.3 Å². The van der Waals surface area contributed by atoms with Gasteiger partial charge in [0, 0.05) is 5.56 Å².